The number of benzene rings is 1. The van der Waals surface area contributed by atoms with E-state index >= 15 is 0 Å². The van der Waals surface area contributed by atoms with Crippen molar-refractivity contribution in [1.82, 2.24) is 9.97 Å². The molecular weight excluding hydrogens is 304 g/mol. The van der Waals surface area contributed by atoms with E-state index in [0.29, 0.717) is 23.7 Å². The van der Waals surface area contributed by atoms with Crippen LogP contribution in [0.4, 0.5) is 11.6 Å². The largest absolute Gasteiger partial charge is 0.340 e. The quantitative estimate of drug-likeness (QED) is 0.875. The number of rotatable bonds is 4. The molecule has 1 atom stereocenters. The molecule has 1 amide bonds. The smallest absolute Gasteiger partial charge is 0.229 e. The molecule has 0 bridgehead atoms. The summed E-state index contributed by atoms with van der Waals surface area (Å²) in [4.78, 5) is 34.4. The van der Waals surface area contributed by atoms with Crippen LogP contribution in [0.3, 0.4) is 0 Å². The molecule has 1 aromatic carbocycles. The summed E-state index contributed by atoms with van der Waals surface area (Å²) in [6.45, 7) is 3.00. The van der Waals surface area contributed by atoms with Gasteiger partial charge in [0.15, 0.2) is 5.78 Å². The molecule has 1 aliphatic rings. The summed E-state index contributed by atoms with van der Waals surface area (Å²) >= 11 is 0. The van der Waals surface area contributed by atoms with Crippen LogP contribution in [-0.4, -0.2) is 34.7 Å². The van der Waals surface area contributed by atoms with Crippen LogP contribution in [0.25, 0.3) is 0 Å². The Morgan fingerprint density at radius 2 is 1.88 bits per heavy atom. The van der Waals surface area contributed by atoms with Crippen molar-refractivity contribution >= 4 is 23.3 Å². The maximum absolute atomic E-state index is 12.5. The summed E-state index contributed by atoms with van der Waals surface area (Å²) in [5.41, 5.74) is 1.34. The standard InChI is InChI=1S/C18H20N4O2/c1-13(23)14-5-7-16(8-6-14)21-17(24)15-4-2-11-22(12-15)18-19-9-3-10-20-18/h3,5-10,15H,2,4,11-12H2,1H3,(H,21,24). The maximum Gasteiger partial charge on any atom is 0.229 e. The van der Waals surface area contributed by atoms with E-state index in [4.69, 9.17) is 0 Å². The number of amides is 1. The molecule has 1 unspecified atom stereocenters. The average Bonchev–Trinajstić information content (AvgIpc) is 2.63. The normalized spacial score (nSPS) is 17.4. The molecule has 1 aliphatic heterocycles. The van der Waals surface area contributed by atoms with Crippen LogP contribution in [0.5, 0.6) is 0 Å². The topological polar surface area (TPSA) is 75.2 Å². The summed E-state index contributed by atoms with van der Waals surface area (Å²) in [5.74, 6) is 0.570. The van der Waals surface area contributed by atoms with Crippen LogP contribution in [0.2, 0.25) is 0 Å². The molecule has 0 spiro atoms. The van der Waals surface area contributed by atoms with Gasteiger partial charge in [-0.3, -0.25) is 9.59 Å². The molecule has 2 heterocycles. The van der Waals surface area contributed by atoms with Gasteiger partial charge in [0.05, 0.1) is 5.92 Å². The van der Waals surface area contributed by atoms with Crippen molar-refractivity contribution in [3.63, 3.8) is 0 Å². The van der Waals surface area contributed by atoms with Crippen molar-refractivity contribution in [2.45, 2.75) is 19.8 Å². The van der Waals surface area contributed by atoms with Gasteiger partial charge in [-0.2, -0.15) is 0 Å². The molecule has 124 valence electrons. The lowest BCUT2D eigenvalue weighted by molar-refractivity contribution is -0.120. The Morgan fingerprint density at radius 1 is 1.17 bits per heavy atom. The zero-order chi connectivity index (χ0) is 16.9. The minimum absolute atomic E-state index is 0.00814. The molecule has 1 aromatic heterocycles. The van der Waals surface area contributed by atoms with Gasteiger partial charge in [0.2, 0.25) is 11.9 Å². The highest BCUT2D eigenvalue weighted by Crippen LogP contribution is 2.21. The van der Waals surface area contributed by atoms with Gasteiger partial charge < -0.3 is 10.2 Å². The Bertz CT molecular complexity index is 716. The predicted molar refractivity (Wildman–Crippen MR) is 92.0 cm³/mol. The van der Waals surface area contributed by atoms with Crippen LogP contribution in [-0.2, 0) is 4.79 Å². The first kappa shape index (κ1) is 16.1. The molecule has 24 heavy (non-hydrogen) atoms. The average molecular weight is 324 g/mol. The Labute approximate surface area is 140 Å². The van der Waals surface area contributed by atoms with Gasteiger partial charge in [-0.25, -0.2) is 9.97 Å². The van der Waals surface area contributed by atoms with E-state index in [1.165, 1.54) is 6.92 Å². The summed E-state index contributed by atoms with van der Waals surface area (Å²) in [6, 6.07) is 8.75. The second kappa shape index (κ2) is 7.21. The molecule has 3 rings (SSSR count). The molecule has 1 fully saturated rings. The number of nitrogens with zero attached hydrogens (tertiary/aromatic N) is 3. The van der Waals surface area contributed by atoms with Crippen molar-refractivity contribution in [2.75, 3.05) is 23.3 Å². The number of anilines is 2. The van der Waals surface area contributed by atoms with Crippen LogP contribution in [0, 0.1) is 5.92 Å². The number of hydrogen-bond donors (Lipinski definition) is 1. The van der Waals surface area contributed by atoms with Gasteiger partial charge >= 0.3 is 0 Å². The number of Topliss-reactive ketones (excluding diaryl/α,β-unsaturated/α-hetero) is 1. The Morgan fingerprint density at radius 3 is 2.54 bits per heavy atom. The molecule has 6 heteroatoms. The maximum atomic E-state index is 12.5. The number of piperidine rings is 1. The number of ketones is 1. The minimum Gasteiger partial charge on any atom is -0.340 e. The van der Waals surface area contributed by atoms with Crippen LogP contribution >= 0.6 is 0 Å². The molecule has 1 saturated heterocycles. The van der Waals surface area contributed by atoms with Crippen molar-refractivity contribution in [3.8, 4) is 0 Å². The lowest BCUT2D eigenvalue weighted by Crippen LogP contribution is -2.41. The first-order chi connectivity index (χ1) is 11.6. The summed E-state index contributed by atoms with van der Waals surface area (Å²) in [6.07, 6.45) is 5.20. The fourth-order valence-electron chi connectivity index (χ4n) is 2.86. The molecule has 2 aromatic rings. The first-order valence-corrected chi connectivity index (χ1v) is 8.07. The Balaban J connectivity index is 1.63. The van der Waals surface area contributed by atoms with E-state index in [-0.39, 0.29) is 17.6 Å². The molecule has 1 N–H and O–H groups in total. The van der Waals surface area contributed by atoms with Gasteiger partial charge in [-0.1, -0.05) is 0 Å². The van der Waals surface area contributed by atoms with E-state index < -0.39 is 0 Å². The van der Waals surface area contributed by atoms with Crippen LogP contribution in [0.1, 0.15) is 30.1 Å². The lowest BCUT2D eigenvalue weighted by atomic mass is 9.97. The zero-order valence-corrected chi connectivity index (χ0v) is 13.6. The number of aromatic nitrogens is 2. The number of hydrogen-bond acceptors (Lipinski definition) is 5. The third kappa shape index (κ3) is 3.76. The molecular formula is C18H20N4O2. The van der Waals surface area contributed by atoms with Gasteiger partial charge in [-0.15, -0.1) is 0 Å². The monoisotopic (exact) mass is 324 g/mol. The van der Waals surface area contributed by atoms with E-state index in [1.807, 2.05) is 4.90 Å². The fraction of sp³-hybridized carbons (Fsp3) is 0.333. The lowest BCUT2D eigenvalue weighted by Gasteiger charge is -2.31. The van der Waals surface area contributed by atoms with Crippen LogP contribution in [0.15, 0.2) is 42.7 Å². The number of carbonyl (C=O) groups excluding carboxylic acids is 2. The Hall–Kier alpha value is -2.76. The van der Waals surface area contributed by atoms with Crippen molar-refractivity contribution in [1.29, 1.82) is 0 Å². The SMILES string of the molecule is CC(=O)c1ccc(NC(=O)C2CCCN(c3ncccn3)C2)cc1. The number of nitrogens with one attached hydrogen (secondary N) is 1. The minimum atomic E-state index is -0.102. The summed E-state index contributed by atoms with van der Waals surface area (Å²) < 4.78 is 0. The second-order valence-corrected chi connectivity index (χ2v) is 5.96. The highest BCUT2D eigenvalue weighted by molar-refractivity contribution is 5.96. The highest BCUT2D eigenvalue weighted by atomic mass is 16.2. The summed E-state index contributed by atoms with van der Waals surface area (Å²) in [7, 11) is 0. The predicted octanol–water partition coefficient (Wildman–Crippen LogP) is 2.53. The Kier molecular flexibility index (Phi) is 4.84. The van der Waals surface area contributed by atoms with E-state index in [2.05, 4.69) is 15.3 Å². The van der Waals surface area contributed by atoms with Gasteiger partial charge in [-0.05, 0) is 50.1 Å². The fourth-order valence-corrected chi connectivity index (χ4v) is 2.86. The van der Waals surface area contributed by atoms with E-state index in [1.54, 1.807) is 42.7 Å². The van der Waals surface area contributed by atoms with Gasteiger partial charge in [0.1, 0.15) is 0 Å². The number of carbonyl (C=O) groups is 2. The second-order valence-electron chi connectivity index (χ2n) is 5.96. The third-order valence-electron chi connectivity index (χ3n) is 4.19. The van der Waals surface area contributed by atoms with E-state index in [0.717, 1.165) is 19.4 Å². The summed E-state index contributed by atoms with van der Waals surface area (Å²) in [5, 5.41) is 2.93. The molecule has 0 aliphatic carbocycles. The first-order valence-electron chi connectivity index (χ1n) is 8.07. The van der Waals surface area contributed by atoms with Crippen LogP contribution < -0.4 is 10.2 Å². The highest BCUT2D eigenvalue weighted by Gasteiger charge is 2.27. The van der Waals surface area contributed by atoms with Crippen molar-refractivity contribution in [2.24, 2.45) is 5.92 Å². The molecule has 0 radical (unpaired) electrons. The van der Waals surface area contributed by atoms with Gasteiger partial charge in [0, 0.05) is 36.7 Å². The third-order valence-corrected chi connectivity index (χ3v) is 4.19. The molecule has 0 saturated carbocycles. The molecule has 6 nitrogen and oxygen atoms in total. The van der Waals surface area contributed by atoms with Crippen molar-refractivity contribution < 1.29 is 9.59 Å². The van der Waals surface area contributed by atoms with Gasteiger partial charge in [0.25, 0.3) is 0 Å². The zero-order valence-electron chi connectivity index (χ0n) is 13.6. The van der Waals surface area contributed by atoms with E-state index in [9.17, 15) is 9.59 Å². The van der Waals surface area contributed by atoms with Crippen molar-refractivity contribution in [3.05, 3.63) is 48.3 Å².